The van der Waals surface area contributed by atoms with Gasteiger partial charge < -0.3 is 15.0 Å². The SMILES string of the molecule is C=CCNC(=O)[C@@H](Cc1ccccc1)N(Cc1ccc(OC)cc1)C(=O)CC. The first-order chi connectivity index (χ1) is 13.6. The van der Waals surface area contributed by atoms with Crippen molar-refractivity contribution in [2.45, 2.75) is 32.4 Å². The smallest absolute Gasteiger partial charge is 0.243 e. The molecule has 0 radical (unpaired) electrons. The van der Waals surface area contributed by atoms with Crippen molar-refractivity contribution in [3.8, 4) is 5.75 Å². The Labute approximate surface area is 167 Å². The van der Waals surface area contributed by atoms with Crippen LogP contribution in [-0.4, -0.2) is 36.4 Å². The number of nitrogens with zero attached hydrogens (tertiary/aromatic N) is 1. The Morgan fingerprint density at radius 1 is 1.11 bits per heavy atom. The highest BCUT2D eigenvalue weighted by Gasteiger charge is 2.29. The summed E-state index contributed by atoms with van der Waals surface area (Å²) in [6, 6.07) is 16.7. The molecule has 0 aliphatic carbocycles. The Morgan fingerprint density at radius 3 is 2.36 bits per heavy atom. The summed E-state index contributed by atoms with van der Waals surface area (Å²) in [4.78, 5) is 27.3. The van der Waals surface area contributed by atoms with E-state index in [1.54, 1.807) is 18.1 Å². The molecule has 2 aromatic carbocycles. The van der Waals surface area contributed by atoms with Crippen LogP contribution >= 0.6 is 0 Å². The highest BCUT2D eigenvalue weighted by molar-refractivity contribution is 5.88. The quantitative estimate of drug-likeness (QED) is 0.643. The van der Waals surface area contributed by atoms with E-state index in [4.69, 9.17) is 4.74 Å². The van der Waals surface area contributed by atoms with Gasteiger partial charge in [-0.05, 0) is 23.3 Å². The zero-order chi connectivity index (χ0) is 20.4. The van der Waals surface area contributed by atoms with Crippen LogP contribution in [0.15, 0.2) is 67.3 Å². The topological polar surface area (TPSA) is 58.6 Å². The van der Waals surface area contributed by atoms with Gasteiger partial charge in [0.2, 0.25) is 11.8 Å². The molecule has 0 heterocycles. The van der Waals surface area contributed by atoms with Crippen LogP contribution in [-0.2, 0) is 22.6 Å². The van der Waals surface area contributed by atoms with Crippen molar-refractivity contribution in [2.24, 2.45) is 0 Å². The molecule has 2 rings (SSSR count). The van der Waals surface area contributed by atoms with E-state index in [1.165, 1.54) is 0 Å². The second kappa shape index (κ2) is 10.9. The zero-order valence-corrected chi connectivity index (χ0v) is 16.6. The van der Waals surface area contributed by atoms with Crippen LogP contribution < -0.4 is 10.1 Å². The summed E-state index contributed by atoms with van der Waals surface area (Å²) < 4.78 is 5.20. The fraction of sp³-hybridized carbons (Fsp3) is 0.304. The Hall–Kier alpha value is -3.08. The normalized spacial score (nSPS) is 11.4. The maximum Gasteiger partial charge on any atom is 0.243 e. The predicted octanol–water partition coefficient (Wildman–Crippen LogP) is 3.35. The van der Waals surface area contributed by atoms with Crippen molar-refractivity contribution in [2.75, 3.05) is 13.7 Å². The molecule has 148 valence electrons. The van der Waals surface area contributed by atoms with E-state index in [0.717, 1.165) is 16.9 Å². The van der Waals surface area contributed by atoms with E-state index in [-0.39, 0.29) is 11.8 Å². The number of methoxy groups -OCH3 is 1. The number of benzene rings is 2. The van der Waals surface area contributed by atoms with Gasteiger partial charge in [0, 0.05) is 25.9 Å². The van der Waals surface area contributed by atoms with E-state index < -0.39 is 6.04 Å². The molecule has 0 aliphatic heterocycles. The van der Waals surface area contributed by atoms with Gasteiger partial charge in [0.1, 0.15) is 11.8 Å². The first kappa shape index (κ1) is 21.2. The molecule has 0 spiro atoms. The fourth-order valence-corrected chi connectivity index (χ4v) is 2.98. The molecule has 0 fully saturated rings. The van der Waals surface area contributed by atoms with Gasteiger partial charge in [-0.1, -0.05) is 55.5 Å². The van der Waals surface area contributed by atoms with Crippen molar-refractivity contribution in [3.63, 3.8) is 0 Å². The second-order valence-corrected chi connectivity index (χ2v) is 6.46. The lowest BCUT2D eigenvalue weighted by molar-refractivity contribution is -0.140. The van der Waals surface area contributed by atoms with Gasteiger partial charge in [-0.3, -0.25) is 9.59 Å². The lowest BCUT2D eigenvalue weighted by atomic mass is 10.0. The summed E-state index contributed by atoms with van der Waals surface area (Å²) in [6.45, 7) is 6.18. The van der Waals surface area contributed by atoms with Gasteiger partial charge in [-0.2, -0.15) is 0 Å². The Bertz CT molecular complexity index is 772. The number of carbonyl (C=O) groups is 2. The van der Waals surface area contributed by atoms with Gasteiger partial charge in [0.05, 0.1) is 7.11 Å². The molecular formula is C23H28N2O3. The average molecular weight is 380 g/mol. The minimum absolute atomic E-state index is 0.0643. The summed E-state index contributed by atoms with van der Waals surface area (Å²) in [5.41, 5.74) is 1.95. The Balaban J connectivity index is 2.31. The average Bonchev–Trinajstić information content (AvgIpc) is 2.75. The number of ether oxygens (including phenoxy) is 1. The van der Waals surface area contributed by atoms with Crippen LogP contribution in [0.5, 0.6) is 5.75 Å². The van der Waals surface area contributed by atoms with E-state index >= 15 is 0 Å². The van der Waals surface area contributed by atoms with Crippen LogP contribution in [0.2, 0.25) is 0 Å². The zero-order valence-electron chi connectivity index (χ0n) is 16.6. The Kier molecular flexibility index (Phi) is 8.28. The minimum atomic E-state index is -0.600. The van der Waals surface area contributed by atoms with Gasteiger partial charge in [-0.25, -0.2) is 0 Å². The monoisotopic (exact) mass is 380 g/mol. The van der Waals surface area contributed by atoms with Crippen molar-refractivity contribution in [1.29, 1.82) is 0 Å². The van der Waals surface area contributed by atoms with Gasteiger partial charge in [0.15, 0.2) is 0 Å². The van der Waals surface area contributed by atoms with E-state index in [0.29, 0.717) is 25.9 Å². The molecule has 2 amide bonds. The van der Waals surface area contributed by atoms with E-state index in [2.05, 4.69) is 11.9 Å². The molecule has 0 aromatic heterocycles. The molecule has 0 saturated carbocycles. The molecule has 2 aromatic rings. The van der Waals surface area contributed by atoms with Crippen molar-refractivity contribution >= 4 is 11.8 Å². The van der Waals surface area contributed by atoms with Crippen LogP contribution in [0.3, 0.4) is 0 Å². The number of hydrogen-bond donors (Lipinski definition) is 1. The molecular weight excluding hydrogens is 352 g/mol. The highest BCUT2D eigenvalue weighted by Crippen LogP contribution is 2.18. The lowest BCUT2D eigenvalue weighted by Crippen LogP contribution is -2.50. The second-order valence-electron chi connectivity index (χ2n) is 6.46. The maximum absolute atomic E-state index is 12.9. The number of amides is 2. The summed E-state index contributed by atoms with van der Waals surface area (Å²) in [5, 5.41) is 2.85. The highest BCUT2D eigenvalue weighted by atomic mass is 16.5. The maximum atomic E-state index is 12.9. The first-order valence-electron chi connectivity index (χ1n) is 9.44. The predicted molar refractivity (Wildman–Crippen MR) is 111 cm³/mol. The molecule has 0 bridgehead atoms. The molecule has 5 nitrogen and oxygen atoms in total. The Morgan fingerprint density at radius 2 is 1.79 bits per heavy atom. The summed E-state index contributed by atoms with van der Waals surface area (Å²) >= 11 is 0. The third kappa shape index (κ3) is 5.98. The molecule has 1 N–H and O–H groups in total. The number of nitrogens with one attached hydrogen (secondary N) is 1. The van der Waals surface area contributed by atoms with Crippen molar-refractivity contribution in [1.82, 2.24) is 10.2 Å². The van der Waals surface area contributed by atoms with Gasteiger partial charge in [-0.15, -0.1) is 6.58 Å². The van der Waals surface area contributed by atoms with Crippen molar-refractivity contribution in [3.05, 3.63) is 78.4 Å². The van der Waals surface area contributed by atoms with E-state index in [9.17, 15) is 9.59 Å². The van der Waals surface area contributed by atoms with Crippen LogP contribution in [0.1, 0.15) is 24.5 Å². The largest absolute Gasteiger partial charge is 0.497 e. The first-order valence-corrected chi connectivity index (χ1v) is 9.44. The molecule has 0 aliphatic rings. The van der Waals surface area contributed by atoms with Crippen LogP contribution in [0, 0.1) is 0 Å². The van der Waals surface area contributed by atoms with Gasteiger partial charge in [0.25, 0.3) is 0 Å². The number of rotatable bonds is 10. The third-order valence-corrected chi connectivity index (χ3v) is 4.51. The molecule has 5 heteroatoms. The number of hydrogen-bond acceptors (Lipinski definition) is 3. The molecule has 1 atom stereocenters. The van der Waals surface area contributed by atoms with Crippen molar-refractivity contribution < 1.29 is 14.3 Å². The molecule has 0 saturated heterocycles. The molecule has 0 unspecified atom stereocenters. The minimum Gasteiger partial charge on any atom is -0.497 e. The third-order valence-electron chi connectivity index (χ3n) is 4.51. The molecule has 28 heavy (non-hydrogen) atoms. The standard InChI is InChI=1S/C23H28N2O3/c1-4-15-24-23(27)21(16-18-9-7-6-8-10-18)25(22(26)5-2)17-19-11-13-20(28-3)14-12-19/h4,6-14,21H,1,5,15-17H2,2-3H3,(H,24,27)/t21-/m1/s1. The number of carbonyl (C=O) groups excluding carboxylic acids is 2. The fourth-order valence-electron chi connectivity index (χ4n) is 2.98. The summed E-state index contributed by atoms with van der Waals surface area (Å²) in [5.74, 6) is 0.506. The van der Waals surface area contributed by atoms with Gasteiger partial charge >= 0.3 is 0 Å². The summed E-state index contributed by atoms with van der Waals surface area (Å²) in [6.07, 6.45) is 2.41. The lowest BCUT2D eigenvalue weighted by Gasteiger charge is -2.31. The summed E-state index contributed by atoms with van der Waals surface area (Å²) in [7, 11) is 1.61. The van der Waals surface area contributed by atoms with Crippen LogP contribution in [0.4, 0.5) is 0 Å². The van der Waals surface area contributed by atoms with E-state index in [1.807, 2.05) is 61.5 Å². The van der Waals surface area contributed by atoms with Crippen LogP contribution in [0.25, 0.3) is 0 Å².